The van der Waals surface area contributed by atoms with Gasteiger partial charge in [0.25, 0.3) is 0 Å². The average Bonchev–Trinajstić information content (AvgIpc) is 2.89. The topological polar surface area (TPSA) is 56.6 Å². The van der Waals surface area contributed by atoms with Gasteiger partial charge in [0.1, 0.15) is 11.6 Å². The lowest BCUT2D eigenvalue weighted by Crippen LogP contribution is -2.03. The molecule has 0 aliphatic rings. The Kier molecular flexibility index (Phi) is 3.82. The number of fused-ring (bicyclic) bond motifs is 1. The molecule has 1 aromatic heterocycles. The van der Waals surface area contributed by atoms with E-state index in [1.54, 1.807) is 6.08 Å². The highest BCUT2D eigenvalue weighted by atomic mass is 16.1. The molecule has 1 heterocycles. The first-order valence-electron chi connectivity index (χ1n) is 7.41. The van der Waals surface area contributed by atoms with Gasteiger partial charge in [-0.2, -0.15) is 5.26 Å². The fourth-order valence-electron chi connectivity index (χ4n) is 2.76. The van der Waals surface area contributed by atoms with E-state index in [9.17, 15) is 10.1 Å². The number of hydrogen-bond donors (Lipinski definition) is 1. The minimum Gasteiger partial charge on any atom is -0.358 e. The number of rotatable bonds is 3. The predicted molar refractivity (Wildman–Crippen MR) is 92.1 cm³/mol. The van der Waals surface area contributed by atoms with Gasteiger partial charge in [-0.05, 0) is 37.1 Å². The third-order valence-electron chi connectivity index (χ3n) is 3.97. The van der Waals surface area contributed by atoms with Gasteiger partial charge in [0.2, 0.25) is 5.78 Å². The Morgan fingerprint density at radius 3 is 2.52 bits per heavy atom. The van der Waals surface area contributed by atoms with Gasteiger partial charge in [-0.25, -0.2) is 0 Å². The second-order valence-corrected chi connectivity index (χ2v) is 5.53. The molecule has 3 aromatic rings. The summed E-state index contributed by atoms with van der Waals surface area (Å²) >= 11 is 0. The zero-order valence-electron chi connectivity index (χ0n) is 13.1. The summed E-state index contributed by atoms with van der Waals surface area (Å²) in [6, 6.07) is 17.4. The second kappa shape index (κ2) is 5.94. The minimum absolute atomic E-state index is 0.146. The first kappa shape index (κ1) is 14.8. The number of ketones is 1. The number of carbonyl (C=O) groups excluding carboxylic acids is 1. The number of aromatic nitrogens is 1. The number of carbonyl (C=O) groups is 1. The largest absolute Gasteiger partial charge is 0.358 e. The Labute approximate surface area is 134 Å². The third-order valence-corrected chi connectivity index (χ3v) is 3.97. The fourth-order valence-corrected chi connectivity index (χ4v) is 2.76. The Balaban J connectivity index is 2.12. The predicted octanol–water partition coefficient (Wildman–Crippen LogP) is 4.57. The van der Waals surface area contributed by atoms with Crippen LogP contribution in [0.1, 0.15) is 27.2 Å². The quantitative estimate of drug-likeness (QED) is 0.437. The maximum absolute atomic E-state index is 12.9. The van der Waals surface area contributed by atoms with E-state index in [4.69, 9.17) is 0 Å². The Bertz CT molecular complexity index is 971. The molecule has 0 spiro atoms. The van der Waals surface area contributed by atoms with Gasteiger partial charge in [-0.1, -0.05) is 42.5 Å². The molecule has 1 N–H and O–H groups in total. The summed E-state index contributed by atoms with van der Waals surface area (Å²) in [5, 5.41) is 10.3. The lowest BCUT2D eigenvalue weighted by Gasteiger charge is -2.03. The summed E-state index contributed by atoms with van der Waals surface area (Å²) in [7, 11) is 0. The molecule has 3 heteroatoms. The number of allylic oxidation sites excluding steroid dienone is 1. The molecule has 3 nitrogen and oxygen atoms in total. The lowest BCUT2D eigenvalue weighted by atomic mass is 9.98. The van der Waals surface area contributed by atoms with Crippen LogP contribution in [-0.2, 0) is 0 Å². The maximum Gasteiger partial charge on any atom is 0.205 e. The highest BCUT2D eigenvalue weighted by Gasteiger charge is 2.19. The maximum atomic E-state index is 12.9. The number of aromatic amines is 1. The number of nitrogens with zero attached hydrogens (tertiary/aromatic N) is 1. The van der Waals surface area contributed by atoms with E-state index in [1.807, 2.05) is 62.4 Å². The van der Waals surface area contributed by atoms with Gasteiger partial charge < -0.3 is 4.98 Å². The van der Waals surface area contributed by atoms with E-state index in [-0.39, 0.29) is 11.4 Å². The number of nitriles is 1. The normalized spacial score (nSPS) is 11.4. The van der Waals surface area contributed by atoms with Gasteiger partial charge in [0.15, 0.2) is 0 Å². The van der Waals surface area contributed by atoms with E-state index in [2.05, 4.69) is 11.1 Å². The van der Waals surface area contributed by atoms with Crippen molar-refractivity contribution in [1.82, 2.24) is 4.98 Å². The van der Waals surface area contributed by atoms with E-state index < -0.39 is 0 Å². The van der Waals surface area contributed by atoms with Crippen molar-refractivity contribution < 1.29 is 4.79 Å². The van der Waals surface area contributed by atoms with Crippen LogP contribution in [0.2, 0.25) is 0 Å². The molecule has 112 valence electrons. The summed E-state index contributed by atoms with van der Waals surface area (Å²) in [6.45, 7) is 3.82. The van der Waals surface area contributed by atoms with Crippen molar-refractivity contribution in [2.75, 3.05) is 0 Å². The average molecular weight is 300 g/mol. The zero-order valence-corrected chi connectivity index (χ0v) is 13.1. The van der Waals surface area contributed by atoms with Gasteiger partial charge in [-0.3, -0.25) is 4.79 Å². The first-order chi connectivity index (χ1) is 11.1. The third kappa shape index (κ3) is 2.67. The van der Waals surface area contributed by atoms with E-state index in [1.165, 1.54) is 0 Å². The SMILES string of the molecule is Cc1ccccc1/C=C(\C#N)C(=O)c1c(C)[nH]c2ccccc12. The number of nitrogens with one attached hydrogen (secondary N) is 1. The van der Waals surface area contributed by atoms with Gasteiger partial charge >= 0.3 is 0 Å². The molecule has 0 fully saturated rings. The zero-order chi connectivity index (χ0) is 16.4. The number of para-hydroxylation sites is 1. The smallest absolute Gasteiger partial charge is 0.205 e. The van der Waals surface area contributed by atoms with Crippen molar-refractivity contribution in [3.8, 4) is 6.07 Å². The van der Waals surface area contributed by atoms with Crippen LogP contribution in [0.4, 0.5) is 0 Å². The van der Waals surface area contributed by atoms with Gasteiger partial charge in [-0.15, -0.1) is 0 Å². The van der Waals surface area contributed by atoms with Crippen LogP contribution in [-0.4, -0.2) is 10.8 Å². The fraction of sp³-hybridized carbons (Fsp3) is 0.100. The molecule has 0 amide bonds. The van der Waals surface area contributed by atoms with Crippen LogP contribution in [0, 0.1) is 25.2 Å². The van der Waals surface area contributed by atoms with Crippen molar-refractivity contribution in [2.24, 2.45) is 0 Å². The number of Topliss-reactive ketones (excluding diaryl/α,β-unsaturated/α-hetero) is 1. The van der Waals surface area contributed by atoms with Crippen molar-refractivity contribution >= 4 is 22.8 Å². The molecule has 0 aliphatic heterocycles. The Morgan fingerprint density at radius 2 is 1.78 bits per heavy atom. The lowest BCUT2D eigenvalue weighted by molar-refractivity contribution is 0.104. The standard InChI is InChI=1S/C20H16N2O/c1-13-7-3-4-8-15(13)11-16(12-21)20(23)19-14(2)22-18-10-6-5-9-17(18)19/h3-11,22H,1-2H3/b16-11+. The number of aryl methyl sites for hydroxylation is 2. The van der Waals surface area contributed by atoms with Crippen molar-refractivity contribution in [2.45, 2.75) is 13.8 Å². The number of benzene rings is 2. The summed E-state index contributed by atoms with van der Waals surface area (Å²) in [6.07, 6.45) is 1.67. The minimum atomic E-state index is -0.245. The summed E-state index contributed by atoms with van der Waals surface area (Å²) in [5.41, 5.74) is 4.32. The monoisotopic (exact) mass is 300 g/mol. The molecular formula is C20H16N2O. The molecule has 2 aromatic carbocycles. The van der Waals surface area contributed by atoms with Crippen LogP contribution in [0.5, 0.6) is 0 Å². The number of hydrogen-bond acceptors (Lipinski definition) is 2. The van der Waals surface area contributed by atoms with Gasteiger partial charge in [0, 0.05) is 16.6 Å². The van der Waals surface area contributed by atoms with Crippen LogP contribution < -0.4 is 0 Å². The second-order valence-electron chi connectivity index (χ2n) is 5.53. The van der Waals surface area contributed by atoms with Crippen molar-refractivity contribution in [3.05, 3.63) is 76.5 Å². The summed E-state index contributed by atoms with van der Waals surface area (Å²) in [5.74, 6) is -0.245. The van der Waals surface area contributed by atoms with E-state index in [0.717, 1.165) is 27.7 Å². The van der Waals surface area contributed by atoms with Crippen LogP contribution >= 0.6 is 0 Å². The van der Waals surface area contributed by atoms with E-state index in [0.29, 0.717) is 5.56 Å². The molecule has 0 bridgehead atoms. The van der Waals surface area contributed by atoms with Crippen molar-refractivity contribution in [3.63, 3.8) is 0 Å². The molecular weight excluding hydrogens is 284 g/mol. The highest BCUT2D eigenvalue weighted by Crippen LogP contribution is 2.25. The Hall–Kier alpha value is -3.12. The molecule has 3 rings (SSSR count). The number of H-pyrrole nitrogens is 1. The summed E-state index contributed by atoms with van der Waals surface area (Å²) in [4.78, 5) is 16.1. The molecule has 0 aliphatic carbocycles. The molecule has 0 atom stereocenters. The molecule has 0 radical (unpaired) electrons. The molecule has 23 heavy (non-hydrogen) atoms. The first-order valence-corrected chi connectivity index (χ1v) is 7.41. The summed E-state index contributed by atoms with van der Waals surface area (Å²) < 4.78 is 0. The molecule has 0 saturated heterocycles. The van der Waals surface area contributed by atoms with Crippen LogP contribution in [0.3, 0.4) is 0 Å². The Morgan fingerprint density at radius 1 is 1.09 bits per heavy atom. The van der Waals surface area contributed by atoms with Crippen LogP contribution in [0.15, 0.2) is 54.1 Å². The molecule has 0 saturated carbocycles. The van der Waals surface area contributed by atoms with E-state index >= 15 is 0 Å². The van der Waals surface area contributed by atoms with Crippen molar-refractivity contribution in [1.29, 1.82) is 5.26 Å². The highest BCUT2D eigenvalue weighted by molar-refractivity contribution is 6.20. The van der Waals surface area contributed by atoms with Gasteiger partial charge in [0.05, 0.1) is 5.56 Å². The molecule has 0 unspecified atom stereocenters. The van der Waals surface area contributed by atoms with Crippen LogP contribution in [0.25, 0.3) is 17.0 Å².